The van der Waals surface area contributed by atoms with Crippen LogP contribution in [0, 0.1) is 6.92 Å². The lowest BCUT2D eigenvalue weighted by Crippen LogP contribution is -2.55. The second-order valence-electron chi connectivity index (χ2n) is 6.78. The SMILES string of the molecule is CC.Cc1nc2c3c(nn(C)c3n1)OC(C)[C@H]1CC[C@](C)(O)CN21. The fourth-order valence-electron chi connectivity index (χ4n) is 3.65. The Labute approximate surface area is 142 Å². The first-order chi connectivity index (χ1) is 11.4. The highest BCUT2D eigenvalue weighted by molar-refractivity contribution is 5.93. The summed E-state index contributed by atoms with van der Waals surface area (Å²) >= 11 is 0. The molecular weight excluding hydrogens is 306 g/mol. The van der Waals surface area contributed by atoms with Gasteiger partial charge in [0.1, 0.15) is 23.1 Å². The summed E-state index contributed by atoms with van der Waals surface area (Å²) in [6.45, 7) is 10.4. The number of piperidine rings is 1. The highest BCUT2D eigenvalue weighted by Crippen LogP contribution is 2.41. The van der Waals surface area contributed by atoms with Gasteiger partial charge in [0.2, 0.25) is 5.88 Å². The van der Waals surface area contributed by atoms with Crippen LogP contribution in [-0.2, 0) is 7.05 Å². The largest absolute Gasteiger partial charge is 0.471 e. The van der Waals surface area contributed by atoms with E-state index in [2.05, 4.69) is 26.9 Å². The molecule has 1 unspecified atom stereocenters. The molecule has 1 N–H and O–H groups in total. The third-order valence-corrected chi connectivity index (χ3v) is 4.75. The minimum Gasteiger partial charge on any atom is -0.471 e. The molecule has 0 saturated carbocycles. The lowest BCUT2D eigenvalue weighted by molar-refractivity contribution is 0.0241. The van der Waals surface area contributed by atoms with Crippen LogP contribution in [0.25, 0.3) is 11.0 Å². The van der Waals surface area contributed by atoms with Crippen molar-refractivity contribution in [1.29, 1.82) is 0 Å². The van der Waals surface area contributed by atoms with Gasteiger partial charge in [0.25, 0.3) is 0 Å². The van der Waals surface area contributed by atoms with E-state index in [0.29, 0.717) is 18.2 Å². The molecule has 0 bridgehead atoms. The first-order valence-electron chi connectivity index (χ1n) is 8.73. The van der Waals surface area contributed by atoms with Gasteiger partial charge in [0.05, 0.1) is 11.6 Å². The molecule has 1 fully saturated rings. The number of hydrogen-bond donors (Lipinski definition) is 1. The van der Waals surface area contributed by atoms with Gasteiger partial charge >= 0.3 is 0 Å². The van der Waals surface area contributed by atoms with Gasteiger partial charge in [-0.3, -0.25) is 0 Å². The van der Waals surface area contributed by atoms with Crippen LogP contribution in [0.15, 0.2) is 0 Å². The number of hydrogen-bond acceptors (Lipinski definition) is 6. The molecular formula is C17H27N5O2. The molecule has 0 aliphatic carbocycles. The fourth-order valence-corrected chi connectivity index (χ4v) is 3.65. The van der Waals surface area contributed by atoms with Crippen molar-refractivity contribution in [3.8, 4) is 5.88 Å². The van der Waals surface area contributed by atoms with E-state index in [0.717, 1.165) is 29.7 Å². The van der Waals surface area contributed by atoms with Crippen molar-refractivity contribution < 1.29 is 9.84 Å². The lowest BCUT2D eigenvalue weighted by atomic mass is 9.88. The van der Waals surface area contributed by atoms with Gasteiger partial charge in [-0.05, 0) is 33.6 Å². The first kappa shape index (κ1) is 17.0. The molecule has 7 nitrogen and oxygen atoms in total. The summed E-state index contributed by atoms with van der Waals surface area (Å²) in [5.41, 5.74) is 0.0595. The maximum Gasteiger partial charge on any atom is 0.246 e. The molecule has 132 valence electrons. The van der Waals surface area contributed by atoms with Crippen LogP contribution in [0.3, 0.4) is 0 Å². The number of anilines is 1. The van der Waals surface area contributed by atoms with Crippen LogP contribution in [0.2, 0.25) is 0 Å². The van der Waals surface area contributed by atoms with Gasteiger partial charge in [-0.2, -0.15) is 0 Å². The van der Waals surface area contributed by atoms with Gasteiger partial charge < -0.3 is 14.7 Å². The van der Waals surface area contributed by atoms with Crippen molar-refractivity contribution in [2.45, 2.75) is 65.2 Å². The van der Waals surface area contributed by atoms with Crippen molar-refractivity contribution in [3.05, 3.63) is 5.82 Å². The molecule has 2 aromatic rings. The summed E-state index contributed by atoms with van der Waals surface area (Å²) < 4.78 is 7.83. The predicted molar refractivity (Wildman–Crippen MR) is 93.5 cm³/mol. The van der Waals surface area contributed by atoms with Gasteiger partial charge in [-0.15, -0.1) is 5.10 Å². The Bertz CT molecular complexity index is 755. The van der Waals surface area contributed by atoms with Crippen molar-refractivity contribution >= 4 is 16.9 Å². The molecule has 0 radical (unpaired) electrons. The monoisotopic (exact) mass is 333 g/mol. The molecule has 2 aliphatic rings. The lowest BCUT2D eigenvalue weighted by Gasteiger charge is -2.44. The van der Waals surface area contributed by atoms with Gasteiger partial charge in [-0.1, -0.05) is 13.8 Å². The third-order valence-electron chi connectivity index (χ3n) is 4.75. The topological polar surface area (TPSA) is 76.3 Å². The average molecular weight is 333 g/mol. The van der Waals surface area contributed by atoms with E-state index in [1.54, 1.807) is 4.68 Å². The number of nitrogens with zero attached hydrogens (tertiary/aromatic N) is 5. The Balaban J connectivity index is 0.000000815. The van der Waals surface area contributed by atoms with Gasteiger partial charge in [0, 0.05) is 13.6 Å². The summed E-state index contributed by atoms with van der Waals surface area (Å²) in [5, 5.41) is 15.8. The zero-order chi connectivity index (χ0) is 17.6. The molecule has 3 atom stereocenters. The van der Waals surface area contributed by atoms with E-state index in [1.165, 1.54) is 0 Å². The molecule has 4 heterocycles. The van der Waals surface area contributed by atoms with Crippen LogP contribution >= 0.6 is 0 Å². The summed E-state index contributed by atoms with van der Waals surface area (Å²) in [4.78, 5) is 11.3. The van der Waals surface area contributed by atoms with E-state index < -0.39 is 5.60 Å². The summed E-state index contributed by atoms with van der Waals surface area (Å²) in [7, 11) is 1.86. The van der Waals surface area contributed by atoms with Crippen LogP contribution in [0.4, 0.5) is 5.82 Å². The number of aryl methyl sites for hydroxylation is 2. The molecule has 0 amide bonds. The first-order valence-corrected chi connectivity index (χ1v) is 8.73. The zero-order valence-corrected chi connectivity index (χ0v) is 15.4. The third kappa shape index (κ3) is 2.60. The van der Waals surface area contributed by atoms with Gasteiger partial charge in [0.15, 0.2) is 5.65 Å². The van der Waals surface area contributed by atoms with Crippen LogP contribution in [-0.4, -0.2) is 49.1 Å². The van der Waals surface area contributed by atoms with E-state index in [1.807, 2.05) is 34.7 Å². The van der Waals surface area contributed by atoms with Crippen molar-refractivity contribution in [2.24, 2.45) is 7.05 Å². The van der Waals surface area contributed by atoms with E-state index in [4.69, 9.17) is 4.74 Å². The molecule has 7 heteroatoms. The second-order valence-corrected chi connectivity index (χ2v) is 6.78. The van der Waals surface area contributed by atoms with Crippen LogP contribution in [0.5, 0.6) is 5.88 Å². The zero-order valence-electron chi connectivity index (χ0n) is 15.4. The Kier molecular flexibility index (Phi) is 4.15. The second kappa shape index (κ2) is 5.88. The number of aliphatic hydroxyl groups is 1. The van der Waals surface area contributed by atoms with E-state index in [-0.39, 0.29) is 12.1 Å². The van der Waals surface area contributed by atoms with Gasteiger partial charge in [-0.25, -0.2) is 14.6 Å². The number of aromatic nitrogens is 4. The van der Waals surface area contributed by atoms with Crippen molar-refractivity contribution in [2.75, 3.05) is 11.4 Å². The average Bonchev–Trinajstić information content (AvgIpc) is 2.77. The Morgan fingerprint density at radius 1 is 1.29 bits per heavy atom. The molecule has 2 aliphatic heterocycles. The minimum atomic E-state index is -0.714. The molecule has 24 heavy (non-hydrogen) atoms. The van der Waals surface area contributed by atoms with Crippen LogP contribution < -0.4 is 9.64 Å². The Hall–Kier alpha value is -1.89. The van der Waals surface area contributed by atoms with E-state index >= 15 is 0 Å². The number of ether oxygens (including phenoxy) is 1. The molecule has 0 aromatic carbocycles. The summed E-state index contributed by atoms with van der Waals surface area (Å²) in [6.07, 6.45) is 1.62. The maximum absolute atomic E-state index is 10.5. The summed E-state index contributed by atoms with van der Waals surface area (Å²) in [5.74, 6) is 2.13. The van der Waals surface area contributed by atoms with Crippen LogP contribution in [0.1, 0.15) is 46.4 Å². The maximum atomic E-state index is 10.5. The normalized spacial score (nSPS) is 28.5. The fraction of sp³-hybridized carbons (Fsp3) is 0.706. The highest BCUT2D eigenvalue weighted by atomic mass is 16.5. The standard InChI is InChI=1S/C15H21N5O2.C2H6/c1-8-10-5-6-15(3,21)7-20(10)13-11-12(16-9(2)17-13)19(4)18-14(11)22-8;1-2/h8,10,21H,5-7H2,1-4H3;1-2H3/t8?,10-,15+;/m1./s1. The predicted octanol–water partition coefficient (Wildman–Crippen LogP) is 2.20. The van der Waals surface area contributed by atoms with Crippen molar-refractivity contribution in [3.63, 3.8) is 0 Å². The Morgan fingerprint density at radius 2 is 2.00 bits per heavy atom. The highest BCUT2D eigenvalue weighted by Gasteiger charge is 2.42. The minimum absolute atomic E-state index is 0.0105. The Morgan fingerprint density at radius 3 is 2.71 bits per heavy atom. The molecule has 4 rings (SSSR count). The molecule has 2 aromatic heterocycles. The quantitative estimate of drug-likeness (QED) is 0.796. The number of rotatable bonds is 0. The smallest absolute Gasteiger partial charge is 0.246 e. The summed E-state index contributed by atoms with van der Waals surface area (Å²) in [6, 6.07) is 0.192. The molecule has 0 spiro atoms. The molecule has 1 saturated heterocycles. The van der Waals surface area contributed by atoms with Crippen molar-refractivity contribution in [1.82, 2.24) is 19.7 Å². The van der Waals surface area contributed by atoms with E-state index in [9.17, 15) is 5.11 Å². The number of fused-ring (bicyclic) bond motifs is 2.